The van der Waals surface area contributed by atoms with Crippen molar-refractivity contribution in [1.82, 2.24) is 10.9 Å². The molecule has 120 valence electrons. The van der Waals surface area contributed by atoms with Crippen LogP contribution in [0.2, 0.25) is 0 Å². The highest BCUT2D eigenvalue weighted by atomic mass is 32.2. The van der Waals surface area contributed by atoms with Crippen molar-refractivity contribution in [2.75, 3.05) is 12.9 Å². The Labute approximate surface area is 137 Å². The van der Waals surface area contributed by atoms with Gasteiger partial charge in [-0.15, -0.1) is 11.8 Å². The second-order valence-electron chi connectivity index (χ2n) is 4.42. The summed E-state index contributed by atoms with van der Waals surface area (Å²) < 4.78 is 18.5. The molecule has 7 heteroatoms. The van der Waals surface area contributed by atoms with E-state index >= 15 is 0 Å². The molecule has 0 spiro atoms. The molecular weight excluding hydrogens is 319 g/mol. The zero-order chi connectivity index (χ0) is 16.7. The van der Waals surface area contributed by atoms with Gasteiger partial charge < -0.3 is 4.74 Å². The summed E-state index contributed by atoms with van der Waals surface area (Å²) in [5.41, 5.74) is 4.89. The van der Waals surface area contributed by atoms with Crippen LogP contribution in [0, 0.1) is 5.82 Å². The predicted octanol–water partition coefficient (Wildman–Crippen LogP) is 2.39. The van der Waals surface area contributed by atoms with Crippen molar-refractivity contribution < 1.29 is 18.7 Å². The topological polar surface area (TPSA) is 67.4 Å². The molecule has 0 unspecified atom stereocenters. The molecule has 0 aliphatic rings. The second-order valence-corrected chi connectivity index (χ2v) is 5.44. The van der Waals surface area contributed by atoms with Crippen LogP contribution in [0.4, 0.5) is 4.39 Å². The van der Waals surface area contributed by atoms with E-state index in [9.17, 15) is 14.0 Å². The van der Waals surface area contributed by atoms with E-state index in [1.54, 1.807) is 42.5 Å². The molecule has 2 N–H and O–H groups in total. The average molecular weight is 334 g/mol. The minimum atomic E-state index is -0.494. The van der Waals surface area contributed by atoms with Crippen LogP contribution < -0.4 is 15.6 Å². The molecule has 5 nitrogen and oxygen atoms in total. The van der Waals surface area contributed by atoms with E-state index in [4.69, 9.17) is 4.74 Å². The fourth-order valence-corrected chi connectivity index (χ4v) is 2.51. The summed E-state index contributed by atoms with van der Waals surface area (Å²) in [4.78, 5) is 24.1. The van der Waals surface area contributed by atoms with Crippen LogP contribution in [0.25, 0.3) is 0 Å². The van der Waals surface area contributed by atoms with Gasteiger partial charge in [0.25, 0.3) is 5.91 Å². The maximum absolute atomic E-state index is 13.4. The summed E-state index contributed by atoms with van der Waals surface area (Å²) in [6.07, 6.45) is 0. The van der Waals surface area contributed by atoms with Gasteiger partial charge in [-0.3, -0.25) is 20.4 Å². The predicted molar refractivity (Wildman–Crippen MR) is 85.7 cm³/mol. The van der Waals surface area contributed by atoms with Gasteiger partial charge in [-0.2, -0.15) is 0 Å². The number of hydrazine groups is 1. The number of nitrogens with one attached hydrogen (secondary N) is 2. The Morgan fingerprint density at radius 3 is 2.52 bits per heavy atom. The van der Waals surface area contributed by atoms with Gasteiger partial charge in [-0.25, -0.2) is 4.39 Å². The van der Waals surface area contributed by atoms with Crippen molar-refractivity contribution in [1.29, 1.82) is 0 Å². The summed E-state index contributed by atoms with van der Waals surface area (Å²) in [6.45, 7) is 0. The first-order valence-electron chi connectivity index (χ1n) is 6.71. The Balaban J connectivity index is 1.84. The highest BCUT2D eigenvalue weighted by Gasteiger charge is 2.12. The van der Waals surface area contributed by atoms with Crippen molar-refractivity contribution in [3.05, 3.63) is 59.9 Å². The van der Waals surface area contributed by atoms with Crippen LogP contribution in [0.15, 0.2) is 53.4 Å². The minimum Gasteiger partial charge on any atom is -0.496 e. The van der Waals surface area contributed by atoms with E-state index in [1.807, 2.05) is 0 Å². The Bertz CT molecular complexity index is 709. The van der Waals surface area contributed by atoms with Crippen molar-refractivity contribution >= 4 is 23.6 Å². The number of thioether (sulfide) groups is 1. The van der Waals surface area contributed by atoms with E-state index < -0.39 is 11.8 Å². The van der Waals surface area contributed by atoms with Gasteiger partial charge in [0.15, 0.2) is 0 Å². The number of ether oxygens (including phenoxy) is 1. The molecule has 23 heavy (non-hydrogen) atoms. The number of benzene rings is 2. The van der Waals surface area contributed by atoms with Crippen LogP contribution in [0.1, 0.15) is 10.4 Å². The molecule has 0 heterocycles. The van der Waals surface area contributed by atoms with Crippen LogP contribution >= 0.6 is 11.8 Å². The fourth-order valence-electron chi connectivity index (χ4n) is 1.77. The molecule has 0 bridgehead atoms. The molecule has 0 saturated heterocycles. The Morgan fingerprint density at radius 2 is 1.78 bits per heavy atom. The quantitative estimate of drug-likeness (QED) is 0.651. The van der Waals surface area contributed by atoms with Gasteiger partial charge in [-0.05, 0) is 24.3 Å². The summed E-state index contributed by atoms with van der Waals surface area (Å²) >= 11 is 1.05. The maximum atomic E-state index is 13.4. The van der Waals surface area contributed by atoms with Crippen molar-refractivity contribution in [2.24, 2.45) is 0 Å². The molecule has 0 aliphatic carbocycles. The van der Waals surface area contributed by atoms with Crippen molar-refractivity contribution in [3.63, 3.8) is 0 Å². The molecule has 0 atom stereocenters. The van der Waals surface area contributed by atoms with Crippen LogP contribution in [0.3, 0.4) is 0 Å². The smallest absolute Gasteiger partial charge is 0.273 e. The zero-order valence-corrected chi connectivity index (χ0v) is 13.2. The molecular formula is C16H15FN2O3S. The lowest BCUT2D eigenvalue weighted by atomic mass is 10.2. The van der Waals surface area contributed by atoms with Gasteiger partial charge >= 0.3 is 0 Å². The normalized spacial score (nSPS) is 10.0. The third-order valence-corrected chi connectivity index (χ3v) is 3.91. The number of para-hydroxylation sites is 1. The van der Waals surface area contributed by atoms with E-state index in [0.29, 0.717) is 16.2 Å². The van der Waals surface area contributed by atoms with Crippen LogP contribution in [-0.2, 0) is 4.79 Å². The minimum absolute atomic E-state index is 0.0207. The molecule has 2 aromatic rings. The largest absolute Gasteiger partial charge is 0.496 e. The van der Waals surface area contributed by atoms with E-state index in [0.717, 1.165) is 11.8 Å². The summed E-state index contributed by atoms with van der Waals surface area (Å²) in [5, 5.41) is 0. The lowest BCUT2D eigenvalue weighted by molar-refractivity contribution is -0.119. The number of hydrogen-bond acceptors (Lipinski definition) is 4. The number of amides is 2. The zero-order valence-electron chi connectivity index (χ0n) is 12.3. The van der Waals surface area contributed by atoms with Gasteiger partial charge in [0.2, 0.25) is 5.91 Å². The summed E-state index contributed by atoms with van der Waals surface area (Å²) in [6, 6.07) is 12.8. The van der Waals surface area contributed by atoms with Crippen molar-refractivity contribution in [2.45, 2.75) is 4.90 Å². The summed E-state index contributed by atoms with van der Waals surface area (Å²) in [7, 11) is 1.45. The Hall–Kier alpha value is -2.54. The highest BCUT2D eigenvalue weighted by molar-refractivity contribution is 8.00. The van der Waals surface area contributed by atoms with Gasteiger partial charge in [0, 0.05) is 4.90 Å². The fraction of sp³-hybridized carbons (Fsp3) is 0.125. The molecule has 0 radical (unpaired) electrons. The second kappa shape index (κ2) is 8.19. The van der Waals surface area contributed by atoms with Gasteiger partial charge in [0.1, 0.15) is 11.6 Å². The third kappa shape index (κ3) is 4.72. The number of rotatable bonds is 5. The SMILES string of the molecule is COc1ccccc1C(=O)NNC(=O)CSc1ccccc1F. The molecule has 2 aromatic carbocycles. The van der Waals surface area contributed by atoms with Gasteiger partial charge in [0.05, 0.1) is 18.4 Å². The first kappa shape index (κ1) is 16.8. The number of carbonyl (C=O) groups excluding carboxylic acids is 2. The lowest BCUT2D eigenvalue weighted by Gasteiger charge is -2.10. The lowest BCUT2D eigenvalue weighted by Crippen LogP contribution is -2.42. The molecule has 0 aromatic heterocycles. The molecule has 2 rings (SSSR count). The van der Waals surface area contributed by atoms with E-state index in [1.165, 1.54) is 13.2 Å². The number of methoxy groups -OCH3 is 1. The monoisotopic (exact) mass is 334 g/mol. The molecule has 0 aliphatic heterocycles. The first-order chi connectivity index (χ1) is 11.1. The molecule has 0 saturated carbocycles. The van der Waals surface area contributed by atoms with Gasteiger partial charge in [-0.1, -0.05) is 24.3 Å². The Morgan fingerprint density at radius 1 is 1.09 bits per heavy atom. The van der Waals surface area contributed by atoms with Crippen molar-refractivity contribution in [3.8, 4) is 5.75 Å². The standard InChI is InChI=1S/C16H15FN2O3S/c1-22-13-8-4-2-6-11(13)16(21)19-18-15(20)10-23-14-9-5-3-7-12(14)17/h2-9H,10H2,1H3,(H,18,20)(H,19,21). The van der Waals surface area contributed by atoms with E-state index in [-0.39, 0.29) is 11.6 Å². The van der Waals surface area contributed by atoms with Crippen LogP contribution in [0.5, 0.6) is 5.75 Å². The van der Waals surface area contributed by atoms with Crippen LogP contribution in [-0.4, -0.2) is 24.7 Å². The molecule has 0 fully saturated rings. The average Bonchev–Trinajstić information content (AvgIpc) is 2.58. The summed E-state index contributed by atoms with van der Waals surface area (Å²) in [5.74, 6) is -0.941. The Kier molecular flexibility index (Phi) is 5.99. The highest BCUT2D eigenvalue weighted by Crippen LogP contribution is 2.20. The number of hydrogen-bond donors (Lipinski definition) is 2. The van der Waals surface area contributed by atoms with E-state index in [2.05, 4.69) is 10.9 Å². The maximum Gasteiger partial charge on any atom is 0.273 e. The first-order valence-corrected chi connectivity index (χ1v) is 7.70. The number of carbonyl (C=O) groups is 2. The third-order valence-electron chi connectivity index (χ3n) is 2.86. The number of halogens is 1. The molecule has 2 amide bonds.